The molecule has 0 aromatic heterocycles. The number of allylic oxidation sites excluding steroid dienone is 1. The van der Waals surface area contributed by atoms with Crippen LogP contribution in [0, 0.1) is 0 Å². The average molecular weight is 346 g/mol. The van der Waals surface area contributed by atoms with Crippen molar-refractivity contribution in [3.63, 3.8) is 0 Å². The predicted molar refractivity (Wildman–Crippen MR) is 111 cm³/mol. The molecule has 1 unspecified atom stereocenters. The molecule has 0 spiro atoms. The lowest BCUT2D eigenvalue weighted by atomic mass is 9.88. The molecule has 128 valence electrons. The molecule has 1 aliphatic rings. The van der Waals surface area contributed by atoms with Crippen LogP contribution in [-0.2, 0) is 0 Å². The van der Waals surface area contributed by atoms with Gasteiger partial charge < -0.3 is 0 Å². The fraction of sp³-hybridized carbons (Fsp3) is 0.0385. The molecule has 0 saturated carbocycles. The fourth-order valence-corrected chi connectivity index (χ4v) is 4.04. The van der Waals surface area contributed by atoms with Gasteiger partial charge in [0.1, 0.15) is 0 Å². The van der Waals surface area contributed by atoms with E-state index in [4.69, 9.17) is 0 Å². The average Bonchev–Trinajstić information content (AvgIpc) is 3.00. The molecule has 0 aliphatic heterocycles. The lowest BCUT2D eigenvalue weighted by molar-refractivity contribution is 0.103. The Morgan fingerprint density at radius 2 is 1.37 bits per heavy atom. The maximum absolute atomic E-state index is 13.2. The molecular weight excluding hydrogens is 328 g/mol. The van der Waals surface area contributed by atoms with Gasteiger partial charge in [-0.3, -0.25) is 4.79 Å². The van der Waals surface area contributed by atoms with Gasteiger partial charge >= 0.3 is 0 Å². The molecule has 0 heterocycles. The standard InChI is InChI=1S/C26H18O/c27-26-23-13-7-6-12-22(23)25(20-9-2-1-3-10-20)24(26)17-18-14-15-19-8-4-5-11-21(19)16-18/h1-17,25H. The maximum Gasteiger partial charge on any atom is 0.190 e. The van der Waals surface area contributed by atoms with Gasteiger partial charge in [0.2, 0.25) is 0 Å². The van der Waals surface area contributed by atoms with Gasteiger partial charge in [0.05, 0.1) is 0 Å². The molecule has 1 heteroatoms. The number of hydrogen-bond donors (Lipinski definition) is 0. The normalized spacial score (nSPS) is 17.4. The number of ketones is 1. The number of rotatable bonds is 2. The van der Waals surface area contributed by atoms with Crippen molar-refractivity contribution in [2.24, 2.45) is 0 Å². The van der Waals surface area contributed by atoms with E-state index >= 15 is 0 Å². The predicted octanol–water partition coefficient (Wildman–Crippen LogP) is 6.25. The third kappa shape index (κ3) is 2.69. The molecule has 0 N–H and O–H groups in total. The Balaban J connectivity index is 1.69. The van der Waals surface area contributed by atoms with E-state index in [-0.39, 0.29) is 11.7 Å². The van der Waals surface area contributed by atoms with Crippen LogP contribution in [-0.4, -0.2) is 5.78 Å². The topological polar surface area (TPSA) is 17.1 Å². The largest absolute Gasteiger partial charge is 0.289 e. The lowest BCUT2D eigenvalue weighted by Crippen LogP contribution is -2.02. The van der Waals surface area contributed by atoms with Crippen LogP contribution in [0.25, 0.3) is 16.8 Å². The summed E-state index contributed by atoms with van der Waals surface area (Å²) in [6.45, 7) is 0. The van der Waals surface area contributed by atoms with Crippen molar-refractivity contribution in [2.45, 2.75) is 5.92 Å². The fourth-order valence-electron chi connectivity index (χ4n) is 4.04. The molecule has 4 aromatic carbocycles. The Bertz CT molecular complexity index is 1180. The summed E-state index contributed by atoms with van der Waals surface area (Å²) in [5.74, 6) is 0.119. The molecule has 0 amide bonds. The monoisotopic (exact) mass is 346 g/mol. The van der Waals surface area contributed by atoms with E-state index < -0.39 is 0 Å². The van der Waals surface area contributed by atoms with Crippen molar-refractivity contribution in [3.05, 3.63) is 125 Å². The zero-order valence-corrected chi connectivity index (χ0v) is 14.8. The van der Waals surface area contributed by atoms with Crippen molar-refractivity contribution < 1.29 is 4.79 Å². The van der Waals surface area contributed by atoms with Crippen molar-refractivity contribution >= 4 is 22.6 Å². The van der Waals surface area contributed by atoms with Gasteiger partial charge in [-0.05, 0) is 39.6 Å². The SMILES string of the molecule is O=C1C(=Cc2ccc3ccccc3c2)C(c2ccccc2)c2ccccc21. The van der Waals surface area contributed by atoms with Gasteiger partial charge in [-0.25, -0.2) is 0 Å². The molecule has 4 aromatic rings. The Morgan fingerprint density at radius 3 is 2.22 bits per heavy atom. The quantitative estimate of drug-likeness (QED) is 0.392. The number of benzene rings is 4. The van der Waals surface area contributed by atoms with E-state index in [1.807, 2.05) is 48.5 Å². The summed E-state index contributed by atoms with van der Waals surface area (Å²) in [7, 11) is 0. The molecule has 5 rings (SSSR count). The van der Waals surface area contributed by atoms with Crippen LogP contribution in [0.4, 0.5) is 0 Å². The van der Waals surface area contributed by atoms with Gasteiger partial charge in [-0.1, -0.05) is 91.0 Å². The number of Topliss-reactive ketones (excluding diaryl/α,β-unsaturated/α-hetero) is 1. The van der Waals surface area contributed by atoms with E-state index in [1.54, 1.807) is 0 Å². The molecular formula is C26H18O. The zero-order valence-electron chi connectivity index (χ0n) is 14.8. The van der Waals surface area contributed by atoms with Crippen LogP contribution in [0.3, 0.4) is 0 Å². The van der Waals surface area contributed by atoms with E-state index in [1.165, 1.54) is 10.8 Å². The summed E-state index contributed by atoms with van der Waals surface area (Å²) < 4.78 is 0. The zero-order chi connectivity index (χ0) is 18.2. The molecule has 0 saturated heterocycles. The van der Waals surface area contributed by atoms with Crippen LogP contribution in [0.15, 0.2) is 103 Å². The molecule has 1 nitrogen and oxygen atoms in total. The summed E-state index contributed by atoms with van der Waals surface area (Å²) in [5.41, 5.74) is 4.98. The van der Waals surface area contributed by atoms with Crippen LogP contribution < -0.4 is 0 Å². The van der Waals surface area contributed by atoms with Crippen molar-refractivity contribution in [1.82, 2.24) is 0 Å². The minimum atomic E-state index is -0.0126. The van der Waals surface area contributed by atoms with Crippen LogP contribution in [0.5, 0.6) is 0 Å². The van der Waals surface area contributed by atoms with Gasteiger partial charge in [0, 0.05) is 17.1 Å². The highest BCUT2D eigenvalue weighted by Crippen LogP contribution is 2.42. The molecule has 0 radical (unpaired) electrons. The van der Waals surface area contributed by atoms with Gasteiger partial charge in [-0.15, -0.1) is 0 Å². The number of fused-ring (bicyclic) bond motifs is 2. The highest BCUT2D eigenvalue weighted by atomic mass is 16.1. The number of carbonyl (C=O) groups is 1. The maximum atomic E-state index is 13.2. The van der Waals surface area contributed by atoms with Crippen LogP contribution in [0.2, 0.25) is 0 Å². The summed E-state index contributed by atoms with van der Waals surface area (Å²) in [6, 6.07) is 32.9. The van der Waals surface area contributed by atoms with E-state index in [0.29, 0.717) is 0 Å². The summed E-state index contributed by atoms with van der Waals surface area (Å²) in [6.07, 6.45) is 2.06. The third-order valence-electron chi connectivity index (χ3n) is 5.32. The second kappa shape index (κ2) is 6.37. The molecule has 1 atom stereocenters. The van der Waals surface area contributed by atoms with E-state index in [2.05, 4.69) is 54.6 Å². The van der Waals surface area contributed by atoms with Gasteiger partial charge in [-0.2, -0.15) is 0 Å². The molecule has 27 heavy (non-hydrogen) atoms. The Hall–Kier alpha value is -3.45. The van der Waals surface area contributed by atoms with Crippen LogP contribution >= 0.6 is 0 Å². The lowest BCUT2D eigenvalue weighted by Gasteiger charge is -2.14. The summed E-state index contributed by atoms with van der Waals surface area (Å²) in [5, 5.41) is 2.39. The van der Waals surface area contributed by atoms with Crippen molar-refractivity contribution in [1.29, 1.82) is 0 Å². The van der Waals surface area contributed by atoms with E-state index in [0.717, 1.165) is 27.8 Å². The minimum Gasteiger partial charge on any atom is -0.289 e. The molecule has 0 fully saturated rings. The number of hydrogen-bond acceptors (Lipinski definition) is 1. The van der Waals surface area contributed by atoms with Crippen molar-refractivity contribution in [3.8, 4) is 0 Å². The number of carbonyl (C=O) groups excluding carboxylic acids is 1. The second-order valence-electron chi connectivity index (χ2n) is 6.97. The van der Waals surface area contributed by atoms with Gasteiger partial charge in [0.25, 0.3) is 0 Å². The molecule has 1 aliphatic carbocycles. The summed E-state index contributed by atoms with van der Waals surface area (Å²) >= 11 is 0. The Kier molecular flexibility index (Phi) is 3.72. The third-order valence-corrected chi connectivity index (χ3v) is 5.32. The van der Waals surface area contributed by atoms with Crippen molar-refractivity contribution in [2.75, 3.05) is 0 Å². The second-order valence-corrected chi connectivity index (χ2v) is 6.97. The van der Waals surface area contributed by atoms with Crippen LogP contribution in [0.1, 0.15) is 33.0 Å². The minimum absolute atomic E-state index is 0.0126. The first-order valence-corrected chi connectivity index (χ1v) is 9.20. The Morgan fingerprint density at radius 1 is 0.667 bits per heavy atom. The Labute approximate surface area is 158 Å². The summed E-state index contributed by atoms with van der Waals surface area (Å²) in [4.78, 5) is 13.2. The first kappa shape index (κ1) is 15.8. The first-order chi connectivity index (χ1) is 13.3. The smallest absolute Gasteiger partial charge is 0.190 e. The van der Waals surface area contributed by atoms with E-state index in [9.17, 15) is 4.79 Å². The molecule has 0 bridgehead atoms. The highest BCUT2D eigenvalue weighted by molar-refractivity contribution is 6.17. The highest BCUT2D eigenvalue weighted by Gasteiger charge is 2.35. The van der Waals surface area contributed by atoms with Gasteiger partial charge in [0.15, 0.2) is 5.78 Å². The first-order valence-electron chi connectivity index (χ1n) is 9.20.